The Balaban J connectivity index is 2.66. The van der Waals surface area contributed by atoms with Crippen molar-refractivity contribution in [1.82, 2.24) is 5.32 Å². The smallest absolute Gasteiger partial charge is 0.337 e. The van der Waals surface area contributed by atoms with Crippen molar-refractivity contribution in [1.29, 1.82) is 0 Å². The predicted octanol–water partition coefficient (Wildman–Crippen LogP) is 3.08. The maximum absolute atomic E-state index is 13.1. The molecule has 5 nitrogen and oxygen atoms in total. The summed E-state index contributed by atoms with van der Waals surface area (Å²) in [6.45, 7) is 6.58. The number of urea groups is 1. The molecule has 1 rings (SSSR count). The number of rotatable bonds is 4. The maximum atomic E-state index is 13.1. The summed E-state index contributed by atoms with van der Waals surface area (Å²) in [6, 6.07) is 2.57. The maximum Gasteiger partial charge on any atom is 0.337 e. The minimum atomic E-state index is -1.23. The Morgan fingerprint density at radius 3 is 2.50 bits per heavy atom. The van der Waals surface area contributed by atoms with E-state index in [1.165, 1.54) is 0 Å². The van der Waals surface area contributed by atoms with Gasteiger partial charge in [0.1, 0.15) is 5.82 Å². The number of benzene rings is 1. The molecule has 0 saturated carbocycles. The highest BCUT2D eigenvalue weighted by Gasteiger charge is 2.14. The van der Waals surface area contributed by atoms with Crippen LogP contribution >= 0.6 is 0 Å². The first-order valence-corrected chi connectivity index (χ1v) is 6.27. The molecule has 0 fully saturated rings. The summed E-state index contributed by atoms with van der Waals surface area (Å²) in [5.41, 5.74) is -0.138. The third-order valence-electron chi connectivity index (χ3n) is 2.62. The van der Waals surface area contributed by atoms with E-state index in [0.29, 0.717) is 6.54 Å². The van der Waals surface area contributed by atoms with E-state index in [1.807, 2.05) is 20.8 Å². The van der Waals surface area contributed by atoms with E-state index < -0.39 is 17.8 Å². The summed E-state index contributed by atoms with van der Waals surface area (Å²) >= 11 is 0. The Morgan fingerprint density at radius 1 is 1.30 bits per heavy atom. The molecule has 0 heterocycles. The van der Waals surface area contributed by atoms with Gasteiger partial charge in [-0.3, -0.25) is 0 Å². The first kappa shape index (κ1) is 15.9. The molecule has 6 heteroatoms. The fourth-order valence-electron chi connectivity index (χ4n) is 1.52. The quantitative estimate of drug-likeness (QED) is 0.794. The van der Waals surface area contributed by atoms with Crippen LogP contribution in [0.3, 0.4) is 0 Å². The summed E-state index contributed by atoms with van der Waals surface area (Å²) in [4.78, 5) is 22.6. The Hall–Kier alpha value is -2.11. The second-order valence-electron chi connectivity index (χ2n) is 5.69. The van der Waals surface area contributed by atoms with Crippen LogP contribution < -0.4 is 10.6 Å². The average molecular weight is 282 g/mol. The molecule has 20 heavy (non-hydrogen) atoms. The molecule has 0 saturated heterocycles. The van der Waals surface area contributed by atoms with Gasteiger partial charge in [0.15, 0.2) is 0 Å². The first-order chi connectivity index (χ1) is 9.19. The Kier molecular flexibility index (Phi) is 5.07. The average Bonchev–Trinajstić information content (AvgIpc) is 2.26. The van der Waals surface area contributed by atoms with Gasteiger partial charge in [0.05, 0.1) is 11.3 Å². The van der Waals surface area contributed by atoms with Gasteiger partial charge in [-0.25, -0.2) is 14.0 Å². The number of carboxylic acid groups (broad SMARTS) is 1. The minimum Gasteiger partial charge on any atom is -0.478 e. The van der Waals surface area contributed by atoms with Crippen LogP contribution in [0.15, 0.2) is 18.2 Å². The molecule has 0 atom stereocenters. The van der Waals surface area contributed by atoms with Gasteiger partial charge in [-0.1, -0.05) is 20.8 Å². The van der Waals surface area contributed by atoms with Crippen molar-refractivity contribution in [2.75, 3.05) is 11.9 Å². The van der Waals surface area contributed by atoms with E-state index in [9.17, 15) is 14.0 Å². The van der Waals surface area contributed by atoms with Gasteiger partial charge in [-0.2, -0.15) is 0 Å². The van der Waals surface area contributed by atoms with Gasteiger partial charge >= 0.3 is 12.0 Å². The molecule has 0 aliphatic rings. The molecule has 0 spiro atoms. The van der Waals surface area contributed by atoms with Crippen molar-refractivity contribution in [2.24, 2.45) is 5.41 Å². The topological polar surface area (TPSA) is 78.4 Å². The largest absolute Gasteiger partial charge is 0.478 e. The van der Waals surface area contributed by atoms with Gasteiger partial charge in [-0.05, 0) is 30.0 Å². The highest BCUT2D eigenvalue weighted by atomic mass is 19.1. The third kappa shape index (κ3) is 5.26. The third-order valence-corrected chi connectivity index (χ3v) is 2.62. The van der Waals surface area contributed by atoms with Crippen LogP contribution in [0.2, 0.25) is 0 Å². The van der Waals surface area contributed by atoms with Crippen LogP contribution in [-0.4, -0.2) is 23.7 Å². The van der Waals surface area contributed by atoms with Crippen molar-refractivity contribution in [3.05, 3.63) is 29.6 Å². The SMILES string of the molecule is CC(C)(C)CCNC(=O)Nc1cc(F)ccc1C(=O)O. The fourth-order valence-corrected chi connectivity index (χ4v) is 1.52. The molecule has 1 aromatic rings. The van der Waals surface area contributed by atoms with Crippen LogP contribution in [0, 0.1) is 11.2 Å². The Labute approximate surface area is 117 Å². The van der Waals surface area contributed by atoms with Crippen LogP contribution in [0.25, 0.3) is 0 Å². The van der Waals surface area contributed by atoms with Crippen molar-refractivity contribution in [3.63, 3.8) is 0 Å². The molecular formula is C14H19FN2O3. The summed E-state index contributed by atoms with van der Waals surface area (Å²) in [5.74, 6) is -1.84. The molecule has 0 bridgehead atoms. The lowest BCUT2D eigenvalue weighted by Crippen LogP contribution is -2.31. The summed E-state index contributed by atoms with van der Waals surface area (Å²) in [5, 5.41) is 13.9. The normalized spacial score (nSPS) is 11.0. The highest BCUT2D eigenvalue weighted by Crippen LogP contribution is 2.18. The molecule has 0 aliphatic heterocycles. The molecule has 1 aromatic carbocycles. The second kappa shape index (κ2) is 6.36. The van der Waals surface area contributed by atoms with E-state index in [4.69, 9.17) is 5.11 Å². The molecule has 110 valence electrons. The molecule has 0 unspecified atom stereocenters. The zero-order chi connectivity index (χ0) is 15.3. The molecule has 0 aromatic heterocycles. The Morgan fingerprint density at radius 2 is 1.95 bits per heavy atom. The molecular weight excluding hydrogens is 263 g/mol. The lowest BCUT2D eigenvalue weighted by atomic mass is 9.92. The molecule has 0 radical (unpaired) electrons. The monoisotopic (exact) mass is 282 g/mol. The van der Waals surface area contributed by atoms with Gasteiger partial charge in [0.25, 0.3) is 0 Å². The number of anilines is 1. The van der Waals surface area contributed by atoms with Crippen molar-refractivity contribution < 1.29 is 19.1 Å². The number of hydrogen-bond acceptors (Lipinski definition) is 2. The minimum absolute atomic E-state index is 0.0641. The number of nitrogens with one attached hydrogen (secondary N) is 2. The van der Waals surface area contributed by atoms with Gasteiger partial charge in [0, 0.05) is 6.54 Å². The number of halogens is 1. The van der Waals surface area contributed by atoms with E-state index in [-0.39, 0.29) is 16.7 Å². The van der Waals surface area contributed by atoms with Crippen LogP contribution in [-0.2, 0) is 0 Å². The van der Waals surface area contributed by atoms with E-state index in [2.05, 4.69) is 10.6 Å². The van der Waals surface area contributed by atoms with Crippen molar-refractivity contribution >= 4 is 17.7 Å². The van der Waals surface area contributed by atoms with Gasteiger partial charge < -0.3 is 15.7 Å². The van der Waals surface area contributed by atoms with Crippen LogP contribution in [0.5, 0.6) is 0 Å². The fraction of sp³-hybridized carbons (Fsp3) is 0.429. The lowest BCUT2D eigenvalue weighted by molar-refractivity contribution is 0.0698. The zero-order valence-electron chi connectivity index (χ0n) is 11.8. The number of aromatic carboxylic acids is 1. The van der Waals surface area contributed by atoms with E-state index in [1.54, 1.807) is 0 Å². The number of amides is 2. The van der Waals surface area contributed by atoms with Crippen LogP contribution in [0.1, 0.15) is 37.6 Å². The number of carboxylic acids is 1. The van der Waals surface area contributed by atoms with Crippen LogP contribution in [0.4, 0.5) is 14.9 Å². The number of hydrogen-bond donors (Lipinski definition) is 3. The van der Waals surface area contributed by atoms with E-state index >= 15 is 0 Å². The van der Waals surface area contributed by atoms with Gasteiger partial charge in [-0.15, -0.1) is 0 Å². The number of carbonyl (C=O) groups excluding carboxylic acids is 1. The summed E-state index contributed by atoms with van der Waals surface area (Å²) < 4.78 is 13.1. The highest BCUT2D eigenvalue weighted by molar-refractivity contribution is 5.99. The van der Waals surface area contributed by atoms with E-state index in [0.717, 1.165) is 24.6 Å². The zero-order valence-corrected chi connectivity index (χ0v) is 11.8. The molecule has 3 N–H and O–H groups in total. The Bertz CT molecular complexity index is 510. The van der Waals surface area contributed by atoms with Crippen molar-refractivity contribution in [3.8, 4) is 0 Å². The summed E-state index contributed by atoms with van der Waals surface area (Å²) in [7, 11) is 0. The number of carbonyl (C=O) groups is 2. The molecule has 0 aliphatic carbocycles. The second-order valence-corrected chi connectivity index (χ2v) is 5.69. The van der Waals surface area contributed by atoms with Gasteiger partial charge in [0.2, 0.25) is 0 Å². The standard InChI is InChI=1S/C14H19FN2O3/c1-14(2,3)6-7-16-13(20)17-11-8-9(15)4-5-10(11)12(18)19/h4-5,8H,6-7H2,1-3H3,(H,18,19)(H2,16,17,20). The lowest BCUT2D eigenvalue weighted by Gasteiger charge is -2.18. The summed E-state index contributed by atoms with van der Waals surface area (Å²) in [6.07, 6.45) is 0.773. The first-order valence-electron chi connectivity index (χ1n) is 6.27. The molecule has 2 amide bonds. The predicted molar refractivity (Wildman–Crippen MR) is 74.5 cm³/mol. The van der Waals surface area contributed by atoms with Crippen molar-refractivity contribution in [2.45, 2.75) is 27.2 Å².